The molecule has 0 atom stereocenters. The summed E-state index contributed by atoms with van der Waals surface area (Å²) in [5.41, 5.74) is 0. The lowest BCUT2D eigenvalue weighted by atomic mass is 10.1. The van der Waals surface area contributed by atoms with E-state index in [0.717, 1.165) is 0 Å². The quantitative estimate of drug-likeness (QED) is 0.564. The summed E-state index contributed by atoms with van der Waals surface area (Å²) in [6, 6.07) is 25.5. The molecule has 3 rings (SSSR count). The minimum absolute atomic E-state index is 1.29. The molecule has 0 unspecified atom stereocenters. The van der Waals surface area contributed by atoms with Crippen molar-refractivity contribution in [2.45, 2.75) is 9.79 Å². The van der Waals surface area contributed by atoms with E-state index >= 15 is 0 Å². The van der Waals surface area contributed by atoms with Crippen LogP contribution in [-0.2, 0) is 0 Å². The van der Waals surface area contributed by atoms with Crippen LogP contribution in [0.3, 0.4) is 0 Å². The molecule has 0 bridgehead atoms. The van der Waals surface area contributed by atoms with Crippen LogP contribution < -0.4 is 0 Å². The highest BCUT2D eigenvalue weighted by Gasteiger charge is 2.01. The van der Waals surface area contributed by atoms with E-state index in [1.807, 2.05) is 16.9 Å². The van der Waals surface area contributed by atoms with Crippen LogP contribution in [-0.4, -0.2) is 0 Å². The number of fused-ring (bicyclic) bond motifs is 1. The summed E-state index contributed by atoms with van der Waals surface area (Å²) in [6.45, 7) is 0. The average molecular weight is 268 g/mol. The summed E-state index contributed by atoms with van der Waals surface area (Å²) in [5, 5.41) is 2.63. The predicted octanol–water partition coefficient (Wildman–Crippen LogP) is 5.64. The Morgan fingerprint density at radius 1 is 0.556 bits per heavy atom. The molecule has 0 saturated heterocycles. The van der Waals surface area contributed by atoms with Gasteiger partial charge in [-0.05, 0) is 29.0 Å². The molecule has 0 amide bonds. The normalized spacial score (nSPS) is 10.7. The van der Waals surface area contributed by atoms with Crippen molar-refractivity contribution in [1.29, 1.82) is 0 Å². The second-order valence-electron chi connectivity index (χ2n) is 3.96. The van der Waals surface area contributed by atoms with Crippen molar-refractivity contribution in [3.05, 3.63) is 72.8 Å². The van der Waals surface area contributed by atoms with Crippen molar-refractivity contribution < 1.29 is 0 Å². The molecule has 0 fully saturated rings. The van der Waals surface area contributed by atoms with Crippen molar-refractivity contribution in [2.24, 2.45) is 0 Å². The molecule has 88 valence electrons. The molecule has 0 aliphatic carbocycles. The van der Waals surface area contributed by atoms with Gasteiger partial charge in [0.15, 0.2) is 0 Å². The molecule has 2 heteroatoms. The predicted molar refractivity (Wildman–Crippen MR) is 82.1 cm³/mol. The van der Waals surface area contributed by atoms with Gasteiger partial charge in [-0.3, -0.25) is 0 Å². The Kier molecular flexibility index (Phi) is 3.58. The van der Waals surface area contributed by atoms with Crippen molar-refractivity contribution >= 4 is 32.4 Å². The second-order valence-corrected chi connectivity index (χ2v) is 6.20. The van der Waals surface area contributed by atoms with E-state index in [0.29, 0.717) is 0 Å². The molecule has 0 saturated carbocycles. The maximum atomic E-state index is 2.18. The Morgan fingerprint density at radius 3 is 2.17 bits per heavy atom. The molecule has 0 aliphatic rings. The highest BCUT2D eigenvalue weighted by Crippen LogP contribution is 2.40. The van der Waals surface area contributed by atoms with Gasteiger partial charge in [-0.1, -0.05) is 76.2 Å². The first kappa shape index (κ1) is 11.7. The van der Waals surface area contributed by atoms with Gasteiger partial charge in [0.1, 0.15) is 0 Å². The van der Waals surface area contributed by atoms with E-state index in [9.17, 15) is 0 Å². The van der Waals surface area contributed by atoms with E-state index in [4.69, 9.17) is 0 Å². The van der Waals surface area contributed by atoms with Crippen LogP contribution >= 0.6 is 21.6 Å². The molecule has 3 aromatic rings. The van der Waals surface area contributed by atoms with E-state index in [1.165, 1.54) is 20.6 Å². The molecule has 0 aliphatic heterocycles. The molecule has 18 heavy (non-hydrogen) atoms. The Labute approximate surface area is 115 Å². The molecule has 0 spiro atoms. The standard InChI is InChI=1S/C16H12S2/c1-2-9-14(10-3-1)17-18-16-12-6-8-13-7-4-5-11-15(13)16/h1-12H. The first-order chi connectivity index (χ1) is 8.93. The minimum Gasteiger partial charge on any atom is -0.0622 e. The lowest BCUT2D eigenvalue weighted by Crippen LogP contribution is -1.75. The third kappa shape index (κ3) is 2.55. The van der Waals surface area contributed by atoms with E-state index < -0.39 is 0 Å². The molecule has 0 heterocycles. The van der Waals surface area contributed by atoms with Gasteiger partial charge in [0, 0.05) is 9.79 Å². The van der Waals surface area contributed by atoms with E-state index in [-0.39, 0.29) is 0 Å². The lowest BCUT2D eigenvalue weighted by Gasteiger charge is -2.05. The lowest BCUT2D eigenvalue weighted by molar-refractivity contribution is 1.48. The molecule has 0 aromatic heterocycles. The molecular weight excluding hydrogens is 256 g/mol. The van der Waals surface area contributed by atoms with Crippen LogP contribution in [0.2, 0.25) is 0 Å². The Balaban J connectivity index is 1.87. The zero-order valence-corrected chi connectivity index (χ0v) is 11.4. The van der Waals surface area contributed by atoms with Crippen LogP contribution in [0, 0.1) is 0 Å². The monoisotopic (exact) mass is 268 g/mol. The zero-order chi connectivity index (χ0) is 12.2. The molecule has 3 aromatic carbocycles. The Morgan fingerprint density at radius 2 is 1.28 bits per heavy atom. The third-order valence-electron chi connectivity index (χ3n) is 2.72. The van der Waals surface area contributed by atoms with Crippen LogP contribution in [0.1, 0.15) is 0 Å². The van der Waals surface area contributed by atoms with Crippen LogP contribution in [0.15, 0.2) is 82.6 Å². The van der Waals surface area contributed by atoms with Gasteiger partial charge in [-0.15, -0.1) is 0 Å². The highest BCUT2D eigenvalue weighted by atomic mass is 33.1. The maximum Gasteiger partial charge on any atom is 0.0264 e. The number of hydrogen-bond acceptors (Lipinski definition) is 2. The summed E-state index contributed by atoms with van der Waals surface area (Å²) < 4.78 is 0. The summed E-state index contributed by atoms with van der Waals surface area (Å²) in [6.07, 6.45) is 0. The van der Waals surface area contributed by atoms with E-state index in [1.54, 1.807) is 10.8 Å². The van der Waals surface area contributed by atoms with Gasteiger partial charge in [0.2, 0.25) is 0 Å². The molecule has 0 N–H and O–H groups in total. The van der Waals surface area contributed by atoms with Crippen LogP contribution in [0.4, 0.5) is 0 Å². The van der Waals surface area contributed by atoms with Crippen molar-refractivity contribution in [3.8, 4) is 0 Å². The Hall–Kier alpha value is -1.38. The number of hydrogen-bond donors (Lipinski definition) is 0. The highest BCUT2D eigenvalue weighted by molar-refractivity contribution is 8.76. The van der Waals surface area contributed by atoms with Gasteiger partial charge < -0.3 is 0 Å². The minimum atomic E-state index is 1.29. The molecule has 0 radical (unpaired) electrons. The van der Waals surface area contributed by atoms with E-state index in [2.05, 4.69) is 66.7 Å². The van der Waals surface area contributed by atoms with Gasteiger partial charge in [-0.2, -0.15) is 0 Å². The summed E-state index contributed by atoms with van der Waals surface area (Å²) in [7, 11) is 3.62. The fourth-order valence-electron chi connectivity index (χ4n) is 1.84. The maximum absolute atomic E-state index is 2.18. The number of benzene rings is 3. The zero-order valence-electron chi connectivity index (χ0n) is 9.74. The van der Waals surface area contributed by atoms with Crippen molar-refractivity contribution in [2.75, 3.05) is 0 Å². The van der Waals surface area contributed by atoms with Crippen LogP contribution in [0.25, 0.3) is 10.8 Å². The van der Waals surface area contributed by atoms with Gasteiger partial charge >= 0.3 is 0 Å². The first-order valence-corrected chi connectivity index (χ1v) is 7.96. The topological polar surface area (TPSA) is 0 Å². The molecular formula is C16H12S2. The first-order valence-electron chi connectivity index (χ1n) is 5.81. The fraction of sp³-hybridized carbons (Fsp3) is 0. The summed E-state index contributed by atoms with van der Waals surface area (Å²) in [4.78, 5) is 2.61. The summed E-state index contributed by atoms with van der Waals surface area (Å²) in [5.74, 6) is 0. The van der Waals surface area contributed by atoms with Crippen molar-refractivity contribution in [3.63, 3.8) is 0 Å². The Bertz CT molecular complexity index is 642. The fourth-order valence-corrected chi connectivity index (χ4v) is 4.03. The summed E-state index contributed by atoms with van der Waals surface area (Å²) >= 11 is 0. The van der Waals surface area contributed by atoms with Gasteiger partial charge in [-0.25, -0.2) is 0 Å². The van der Waals surface area contributed by atoms with Crippen LogP contribution in [0.5, 0.6) is 0 Å². The average Bonchev–Trinajstić information content (AvgIpc) is 2.46. The van der Waals surface area contributed by atoms with Gasteiger partial charge in [0.25, 0.3) is 0 Å². The third-order valence-corrected chi connectivity index (χ3v) is 5.17. The second kappa shape index (κ2) is 5.51. The molecule has 0 nitrogen and oxygen atoms in total. The van der Waals surface area contributed by atoms with Gasteiger partial charge in [0.05, 0.1) is 0 Å². The SMILES string of the molecule is c1ccc(SSc2cccc3ccccc23)cc1. The van der Waals surface area contributed by atoms with Crippen molar-refractivity contribution in [1.82, 2.24) is 0 Å². The number of rotatable bonds is 3. The smallest absolute Gasteiger partial charge is 0.0264 e. The largest absolute Gasteiger partial charge is 0.0622 e.